The molecule has 3 atom stereocenters. The molecular formula is C30H50O4Si. The van der Waals surface area contributed by atoms with E-state index in [0.717, 1.165) is 49.0 Å². The second-order valence-corrected chi connectivity index (χ2v) is 16.6. The smallest absolute Gasteiger partial charge is 0.191 e. The molecule has 5 heteroatoms. The Balaban J connectivity index is 2.01. The van der Waals surface area contributed by atoms with Crippen LogP contribution in [-0.2, 0) is 20.5 Å². The van der Waals surface area contributed by atoms with Crippen molar-refractivity contribution in [2.45, 2.75) is 110 Å². The van der Waals surface area contributed by atoms with E-state index in [9.17, 15) is 5.11 Å². The fourth-order valence-corrected chi connectivity index (χ4v) is 5.09. The molecular weight excluding hydrogens is 452 g/mol. The maximum absolute atomic E-state index is 11.7. The van der Waals surface area contributed by atoms with E-state index in [0.29, 0.717) is 25.6 Å². The highest BCUT2D eigenvalue weighted by Gasteiger charge is 2.38. The minimum absolute atomic E-state index is 0.0955. The summed E-state index contributed by atoms with van der Waals surface area (Å²) in [7, 11) is -1.78. The summed E-state index contributed by atoms with van der Waals surface area (Å²) in [5.74, 6) is 1.27. The molecule has 1 aromatic carbocycles. The quantitative estimate of drug-likeness (QED) is 0.208. The van der Waals surface area contributed by atoms with E-state index in [2.05, 4.69) is 60.4 Å². The Kier molecular flexibility index (Phi) is 11.3. The van der Waals surface area contributed by atoms with E-state index >= 15 is 0 Å². The second kappa shape index (κ2) is 13.2. The van der Waals surface area contributed by atoms with Gasteiger partial charge in [-0.3, -0.25) is 0 Å². The zero-order valence-corrected chi connectivity index (χ0v) is 24.4. The van der Waals surface area contributed by atoms with Crippen LogP contribution < -0.4 is 0 Å². The largest absolute Gasteiger partial charge is 0.495 e. The van der Waals surface area contributed by atoms with Crippen LogP contribution in [0.3, 0.4) is 0 Å². The van der Waals surface area contributed by atoms with Crippen LogP contribution in [0.1, 0.15) is 78.7 Å². The molecule has 0 saturated heterocycles. The van der Waals surface area contributed by atoms with Crippen LogP contribution in [0.5, 0.6) is 0 Å². The van der Waals surface area contributed by atoms with Crippen LogP contribution in [0.15, 0.2) is 54.3 Å². The van der Waals surface area contributed by atoms with Crippen molar-refractivity contribution < 1.29 is 19.0 Å². The molecule has 0 spiro atoms. The first kappa shape index (κ1) is 29.8. The van der Waals surface area contributed by atoms with Gasteiger partial charge in [-0.2, -0.15) is 0 Å². The van der Waals surface area contributed by atoms with Gasteiger partial charge in [0.05, 0.1) is 19.0 Å². The molecule has 4 nitrogen and oxygen atoms in total. The summed E-state index contributed by atoms with van der Waals surface area (Å²) in [6.45, 7) is 21.4. The third-order valence-electron chi connectivity index (χ3n) is 7.74. The van der Waals surface area contributed by atoms with Crippen LogP contribution in [0.4, 0.5) is 0 Å². The molecule has 0 aromatic heterocycles. The van der Waals surface area contributed by atoms with Crippen molar-refractivity contribution in [2.24, 2.45) is 5.92 Å². The molecule has 0 aliphatic carbocycles. The molecule has 1 aromatic rings. The molecule has 1 heterocycles. The average molecular weight is 503 g/mol. The number of rotatable bonds is 14. The highest BCUT2D eigenvalue weighted by molar-refractivity contribution is 6.74. The molecule has 0 radical (unpaired) electrons. The van der Waals surface area contributed by atoms with E-state index in [1.54, 1.807) is 0 Å². The van der Waals surface area contributed by atoms with Crippen molar-refractivity contribution in [1.29, 1.82) is 0 Å². The van der Waals surface area contributed by atoms with Crippen molar-refractivity contribution in [1.82, 2.24) is 0 Å². The highest BCUT2D eigenvalue weighted by atomic mass is 28.4. The number of aliphatic hydroxyl groups is 1. The normalized spacial score (nSPS) is 20.6. The molecule has 0 fully saturated rings. The van der Waals surface area contributed by atoms with E-state index < -0.39 is 13.9 Å². The first-order valence-electron chi connectivity index (χ1n) is 13.4. The Bertz CT molecular complexity index is 811. The summed E-state index contributed by atoms with van der Waals surface area (Å²) in [5.41, 5.74) is 0.782. The van der Waals surface area contributed by atoms with Gasteiger partial charge in [-0.25, -0.2) is 0 Å². The van der Waals surface area contributed by atoms with Crippen LogP contribution in [-0.4, -0.2) is 38.3 Å². The third kappa shape index (κ3) is 9.20. The van der Waals surface area contributed by atoms with Crippen LogP contribution in [0.25, 0.3) is 0 Å². The topological polar surface area (TPSA) is 47.9 Å². The first-order valence-corrected chi connectivity index (χ1v) is 16.3. The molecule has 35 heavy (non-hydrogen) atoms. The summed E-state index contributed by atoms with van der Waals surface area (Å²) in [6.07, 6.45) is 7.31. The Morgan fingerprint density at radius 1 is 1.20 bits per heavy atom. The van der Waals surface area contributed by atoms with Gasteiger partial charge in [0.1, 0.15) is 11.7 Å². The lowest BCUT2D eigenvalue weighted by atomic mass is 9.86. The average Bonchev–Trinajstić information content (AvgIpc) is 2.79. The lowest BCUT2D eigenvalue weighted by molar-refractivity contribution is -0.0474. The zero-order chi connectivity index (χ0) is 26.1. The second-order valence-electron chi connectivity index (χ2n) is 11.8. The number of hydrogen-bond donors (Lipinski definition) is 1. The van der Waals surface area contributed by atoms with Crippen LogP contribution in [0.2, 0.25) is 18.1 Å². The summed E-state index contributed by atoms with van der Waals surface area (Å²) in [5, 5.41) is 11.9. The van der Waals surface area contributed by atoms with E-state index in [1.165, 1.54) is 0 Å². The molecule has 1 N–H and O–H groups in total. The number of allylic oxidation sites excluding steroid dienone is 1. The van der Waals surface area contributed by atoms with Gasteiger partial charge in [0.15, 0.2) is 8.32 Å². The standard InChI is InChI=1S/C30H50O4Si/c1-9-10-14-25(3)30(31,23-32-22-26-15-12-11-13-16-26)21-27-18-17-24(2)28(34-27)19-20-33-35(7,8)29(4,5)6/h11-13,15-16,18,24,28,31H,3,9-10,14,17,19-23H2,1-2,4-8H3/t24-,28+,30?/m0/s1. The number of benzene rings is 1. The van der Waals surface area contributed by atoms with Gasteiger partial charge in [-0.15, -0.1) is 0 Å². The van der Waals surface area contributed by atoms with Gasteiger partial charge in [-0.1, -0.05) is 78.0 Å². The maximum Gasteiger partial charge on any atom is 0.191 e. The van der Waals surface area contributed by atoms with Crippen molar-refractivity contribution in [3.8, 4) is 0 Å². The lowest BCUT2D eigenvalue weighted by Crippen LogP contribution is -2.42. The van der Waals surface area contributed by atoms with Gasteiger partial charge >= 0.3 is 0 Å². The number of ether oxygens (including phenoxy) is 2. The summed E-state index contributed by atoms with van der Waals surface area (Å²) < 4.78 is 18.9. The summed E-state index contributed by atoms with van der Waals surface area (Å²) in [4.78, 5) is 0. The Labute approximate surface area is 215 Å². The highest BCUT2D eigenvalue weighted by Crippen LogP contribution is 2.38. The van der Waals surface area contributed by atoms with Gasteiger partial charge in [-0.05, 0) is 60.5 Å². The fourth-order valence-electron chi connectivity index (χ4n) is 4.03. The summed E-state index contributed by atoms with van der Waals surface area (Å²) >= 11 is 0. The Hall–Kier alpha value is -1.40. The molecule has 1 aliphatic rings. The van der Waals surface area contributed by atoms with Gasteiger partial charge in [0.25, 0.3) is 0 Å². The van der Waals surface area contributed by atoms with Crippen molar-refractivity contribution in [2.75, 3.05) is 13.2 Å². The van der Waals surface area contributed by atoms with Gasteiger partial charge in [0.2, 0.25) is 0 Å². The third-order valence-corrected chi connectivity index (χ3v) is 12.3. The predicted octanol–water partition coefficient (Wildman–Crippen LogP) is 7.79. The molecule has 0 amide bonds. The maximum atomic E-state index is 11.7. The minimum Gasteiger partial charge on any atom is -0.495 e. The summed E-state index contributed by atoms with van der Waals surface area (Å²) in [6, 6.07) is 10.1. The van der Waals surface area contributed by atoms with Crippen LogP contribution in [0, 0.1) is 5.92 Å². The van der Waals surface area contributed by atoms with Crippen molar-refractivity contribution in [3.05, 3.63) is 59.9 Å². The SMILES string of the molecule is C=C(CCCC)C(O)(COCc1ccccc1)CC1=CC[C@H](C)[C@@H](CCO[Si](C)(C)C(C)(C)C)O1. The predicted molar refractivity (Wildman–Crippen MR) is 149 cm³/mol. The van der Waals surface area contributed by atoms with Gasteiger partial charge in [0, 0.05) is 19.4 Å². The number of unbranched alkanes of at least 4 members (excludes halogenated alkanes) is 1. The molecule has 1 unspecified atom stereocenters. The fraction of sp³-hybridized carbons (Fsp3) is 0.667. The molecule has 0 saturated carbocycles. The Morgan fingerprint density at radius 3 is 2.51 bits per heavy atom. The first-order chi connectivity index (χ1) is 16.4. The monoisotopic (exact) mass is 502 g/mol. The molecule has 1 aliphatic heterocycles. The molecule has 0 bridgehead atoms. The number of hydrogen-bond acceptors (Lipinski definition) is 4. The van der Waals surface area contributed by atoms with Crippen molar-refractivity contribution in [3.63, 3.8) is 0 Å². The molecule has 198 valence electrons. The van der Waals surface area contributed by atoms with E-state index in [1.807, 2.05) is 30.3 Å². The van der Waals surface area contributed by atoms with E-state index in [4.69, 9.17) is 13.9 Å². The van der Waals surface area contributed by atoms with Gasteiger partial charge < -0.3 is 19.0 Å². The zero-order valence-electron chi connectivity index (χ0n) is 23.4. The van der Waals surface area contributed by atoms with E-state index in [-0.39, 0.29) is 17.7 Å². The lowest BCUT2D eigenvalue weighted by Gasteiger charge is -2.38. The molecule has 2 rings (SSSR count). The minimum atomic E-state index is -1.78. The Morgan fingerprint density at radius 2 is 1.89 bits per heavy atom. The van der Waals surface area contributed by atoms with Crippen LogP contribution >= 0.6 is 0 Å². The van der Waals surface area contributed by atoms with Crippen molar-refractivity contribution >= 4 is 8.32 Å².